The van der Waals surface area contributed by atoms with Gasteiger partial charge in [-0.15, -0.1) is 0 Å². The summed E-state index contributed by atoms with van der Waals surface area (Å²) < 4.78 is 6.04. The molecule has 1 N–H and O–H groups in total. The zero-order chi connectivity index (χ0) is 13.5. The maximum Gasteiger partial charge on any atom is 0.158 e. The van der Waals surface area contributed by atoms with E-state index in [0.717, 1.165) is 44.2 Å². The highest BCUT2D eigenvalue weighted by Crippen LogP contribution is 2.29. The fourth-order valence-electron chi connectivity index (χ4n) is 3.69. The van der Waals surface area contributed by atoms with Crippen LogP contribution in [0.15, 0.2) is 0 Å². The lowest BCUT2D eigenvalue weighted by Crippen LogP contribution is -2.43. The normalized spacial score (nSPS) is 30.1. The Kier molecular flexibility index (Phi) is 3.21. The molecule has 2 fully saturated rings. The minimum Gasteiger partial charge on any atom is -0.367 e. The Labute approximate surface area is 119 Å². The fourth-order valence-corrected chi connectivity index (χ4v) is 3.69. The average Bonchev–Trinajstić information content (AvgIpc) is 2.94. The van der Waals surface area contributed by atoms with Crippen LogP contribution in [-0.4, -0.2) is 47.2 Å². The molecule has 5 nitrogen and oxygen atoms in total. The Bertz CT molecular complexity index is 519. The summed E-state index contributed by atoms with van der Waals surface area (Å²) >= 11 is 0. The summed E-state index contributed by atoms with van der Waals surface area (Å²) in [6, 6.07) is 0.631. The zero-order valence-electron chi connectivity index (χ0n) is 12.1. The standard InChI is InChI=1S/C15H22N4O/c1-10-12-4-5-16-7-13(12)18-15(17-10)14-8-19-6-2-3-11(19)9-20-14/h11,14,16H,2-9H2,1H3. The summed E-state index contributed by atoms with van der Waals surface area (Å²) in [5.74, 6) is 0.885. The van der Waals surface area contributed by atoms with Crippen molar-refractivity contribution < 1.29 is 4.74 Å². The molecule has 0 aliphatic carbocycles. The monoisotopic (exact) mass is 274 g/mol. The summed E-state index contributed by atoms with van der Waals surface area (Å²) in [6.45, 7) is 7.00. The molecule has 4 heterocycles. The van der Waals surface area contributed by atoms with Gasteiger partial charge >= 0.3 is 0 Å². The maximum atomic E-state index is 6.04. The van der Waals surface area contributed by atoms with Crippen molar-refractivity contribution in [1.29, 1.82) is 0 Å². The topological polar surface area (TPSA) is 50.3 Å². The van der Waals surface area contributed by atoms with Gasteiger partial charge in [0.05, 0.1) is 12.3 Å². The van der Waals surface area contributed by atoms with Crippen molar-refractivity contribution in [3.8, 4) is 0 Å². The van der Waals surface area contributed by atoms with E-state index in [1.807, 2.05) is 0 Å². The second-order valence-electron chi connectivity index (χ2n) is 6.13. The number of fused-ring (bicyclic) bond motifs is 2. The van der Waals surface area contributed by atoms with Gasteiger partial charge in [-0.25, -0.2) is 9.97 Å². The van der Waals surface area contributed by atoms with Gasteiger partial charge in [-0.2, -0.15) is 0 Å². The molecule has 0 bridgehead atoms. The van der Waals surface area contributed by atoms with Gasteiger partial charge < -0.3 is 10.1 Å². The zero-order valence-corrected chi connectivity index (χ0v) is 12.1. The quantitative estimate of drug-likeness (QED) is 0.827. The first kappa shape index (κ1) is 12.7. The second-order valence-corrected chi connectivity index (χ2v) is 6.13. The van der Waals surface area contributed by atoms with Crippen molar-refractivity contribution in [2.75, 3.05) is 26.2 Å². The Morgan fingerprint density at radius 2 is 2.30 bits per heavy atom. The van der Waals surface area contributed by atoms with Crippen LogP contribution >= 0.6 is 0 Å². The van der Waals surface area contributed by atoms with E-state index in [2.05, 4.69) is 17.1 Å². The SMILES string of the molecule is Cc1nc(C2CN3CCCC3CO2)nc2c1CCNC2. The predicted octanol–water partition coefficient (Wildman–Crippen LogP) is 0.966. The number of rotatable bonds is 1. The van der Waals surface area contributed by atoms with Crippen LogP contribution in [0.2, 0.25) is 0 Å². The second kappa shape index (κ2) is 5.06. The highest BCUT2D eigenvalue weighted by molar-refractivity contribution is 5.28. The van der Waals surface area contributed by atoms with Crippen LogP contribution < -0.4 is 5.32 Å². The van der Waals surface area contributed by atoms with E-state index in [-0.39, 0.29) is 6.10 Å². The van der Waals surface area contributed by atoms with Crippen LogP contribution in [0.25, 0.3) is 0 Å². The number of hydrogen-bond acceptors (Lipinski definition) is 5. The molecule has 2 saturated heterocycles. The maximum absolute atomic E-state index is 6.04. The molecule has 0 saturated carbocycles. The third-order valence-corrected chi connectivity index (χ3v) is 4.84. The average molecular weight is 274 g/mol. The molecule has 0 radical (unpaired) electrons. The molecule has 3 aliphatic rings. The van der Waals surface area contributed by atoms with Crippen LogP contribution in [0.1, 0.15) is 41.7 Å². The van der Waals surface area contributed by atoms with E-state index in [9.17, 15) is 0 Å². The molecule has 4 rings (SSSR count). The van der Waals surface area contributed by atoms with Crippen LogP contribution in [0.5, 0.6) is 0 Å². The first-order chi connectivity index (χ1) is 9.81. The highest BCUT2D eigenvalue weighted by Gasteiger charge is 2.34. The van der Waals surface area contributed by atoms with Crippen molar-refractivity contribution in [1.82, 2.24) is 20.2 Å². The number of morpholine rings is 1. The highest BCUT2D eigenvalue weighted by atomic mass is 16.5. The lowest BCUT2D eigenvalue weighted by atomic mass is 10.0. The van der Waals surface area contributed by atoms with Crippen LogP contribution in [0.3, 0.4) is 0 Å². The minimum absolute atomic E-state index is 0.0512. The molecule has 0 aromatic carbocycles. The van der Waals surface area contributed by atoms with E-state index >= 15 is 0 Å². The number of nitrogens with zero attached hydrogens (tertiary/aromatic N) is 3. The van der Waals surface area contributed by atoms with E-state index in [0.29, 0.717) is 6.04 Å². The van der Waals surface area contributed by atoms with Crippen LogP contribution in [0, 0.1) is 6.92 Å². The lowest BCUT2D eigenvalue weighted by Gasteiger charge is -2.34. The molecular formula is C15H22N4O. The van der Waals surface area contributed by atoms with E-state index < -0.39 is 0 Å². The molecule has 20 heavy (non-hydrogen) atoms. The van der Waals surface area contributed by atoms with Crippen molar-refractivity contribution in [2.45, 2.75) is 44.9 Å². The molecule has 0 spiro atoms. The van der Waals surface area contributed by atoms with Crippen LogP contribution in [0.4, 0.5) is 0 Å². The van der Waals surface area contributed by atoms with Crippen LogP contribution in [-0.2, 0) is 17.7 Å². The molecule has 108 valence electrons. The number of aryl methyl sites for hydroxylation is 1. The van der Waals surface area contributed by atoms with E-state index in [1.54, 1.807) is 0 Å². The largest absolute Gasteiger partial charge is 0.367 e. The van der Waals surface area contributed by atoms with Crippen molar-refractivity contribution in [3.63, 3.8) is 0 Å². The molecule has 5 heteroatoms. The summed E-state index contributed by atoms with van der Waals surface area (Å²) in [5, 5.41) is 3.39. The van der Waals surface area contributed by atoms with E-state index in [1.165, 1.54) is 30.6 Å². The van der Waals surface area contributed by atoms with Gasteiger partial charge in [-0.3, -0.25) is 4.90 Å². The molecule has 1 aromatic heterocycles. The molecular weight excluding hydrogens is 252 g/mol. The van der Waals surface area contributed by atoms with Gasteiger partial charge in [-0.05, 0) is 44.8 Å². The molecule has 1 aromatic rings. The number of ether oxygens (including phenoxy) is 1. The summed E-state index contributed by atoms with van der Waals surface area (Å²) in [6.07, 6.45) is 3.67. The fraction of sp³-hybridized carbons (Fsp3) is 0.733. The Hall–Kier alpha value is -1.04. The summed E-state index contributed by atoms with van der Waals surface area (Å²) in [5.41, 5.74) is 3.65. The third kappa shape index (κ3) is 2.14. The molecule has 3 aliphatic heterocycles. The van der Waals surface area contributed by atoms with Gasteiger partial charge in [0, 0.05) is 24.8 Å². The first-order valence-corrected chi connectivity index (χ1v) is 7.74. The van der Waals surface area contributed by atoms with Crippen molar-refractivity contribution >= 4 is 0 Å². The molecule has 0 amide bonds. The minimum atomic E-state index is 0.0512. The van der Waals surface area contributed by atoms with Gasteiger partial charge in [-0.1, -0.05) is 0 Å². The van der Waals surface area contributed by atoms with Crippen molar-refractivity contribution in [3.05, 3.63) is 22.8 Å². The summed E-state index contributed by atoms with van der Waals surface area (Å²) in [4.78, 5) is 12.1. The predicted molar refractivity (Wildman–Crippen MR) is 75.5 cm³/mol. The first-order valence-electron chi connectivity index (χ1n) is 7.74. The van der Waals surface area contributed by atoms with Gasteiger partial charge in [0.15, 0.2) is 5.82 Å². The molecule has 2 atom stereocenters. The Morgan fingerprint density at radius 3 is 3.25 bits per heavy atom. The van der Waals surface area contributed by atoms with Gasteiger partial charge in [0.1, 0.15) is 6.10 Å². The van der Waals surface area contributed by atoms with Gasteiger partial charge in [0.2, 0.25) is 0 Å². The smallest absolute Gasteiger partial charge is 0.158 e. The number of hydrogen-bond donors (Lipinski definition) is 1. The van der Waals surface area contributed by atoms with Crippen molar-refractivity contribution in [2.24, 2.45) is 0 Å². The number of aromatic nitrogens is 2. The lowest BCUT2D eigenvalue weighted by molar-refractivity contribution is -0.0543. The Balaban J connectivity index is 1.60. The van der Waals surface area contributed by atoms with Gasteiger partial charge in [0.25, 0.3) is 0 Å². The number of nitrogens with one attached hydrogen (secondary N) is 1. The molecule has 2 unspecified atom stereocenters. The third-order valence-electron chi connectivity index (χ3n) is 4.84. The summed E-state index contributed by atoms with van der Waals surface area (Å²) in [7, 11) is 0. The van der Waals surface area contributed by atoms with E-state index in [4.69, 9.17) is 14.7 Å². The Morgan fingerprint density at radius 1 is 1.35 bits per heavy atom.